The van der Waals surface area contributed by atoms with Crippen molar-refractivity contribution in [2.24, 2.45) is 0 Å². The van der Waals surface area contributed by atoms with Crippen LogP contribution in [0.4, 0.5) is 5.69 Å². The molecule has 1 atom stereocenters. The van der Waals surface area contributed by atoms with Gasteiger partial charge in [0.25, 0.3) is 0 Å². The second-order valence-electron chi connectivity index (χ2n) is 3.08. The van der Waals surface area contributed by atoms with Crippen LogP contribution in [0.3, 0.4) is 0 Å². The lowest BCUT2D eigenvalue weighted by Crippen LogP contribution is -2.24. The molecule has 0 amide bonds. The van der Waals surface area contributed by atoms with E-state index in [1.54, 1.807) is 18.2 Å². The zero-order valence-electron chi connectivity index (χ0n) is 8.51. The van der Waals surface area contributed by atoms with E-state index >= 15 is 0 Å². The lowest BCUT2D eigenvalue weighted by atomic mass is 10.2. The summed E-state index contributed by atoms with van der Waals surface area (Å²) in [6, 6.07) is 9.70. The zero-order chi connectivity index (χ0) is 12.2. The summed E-state index contributed by atoms with van der Waals surface area (Å²) in [5, 5.41) is 16.1. The topological polar surface area (TPSA) is 93.8 Å². The predicted molar refractivity (Wildman–Crippen MR) is 58.8 cm³/mol. The minimum atomic E-state index is -3.76. The second-order valence-corrected chi connectivity index (χ2v) is 5.08. The molecule has 0 heterocycles. The molecule has 82 valence electrons. The number of nitrogens with one attached hydrogen (secondary N) is 1. The molecule has 1 aromatic carbocycles. The summed E-state index contributed by atoms with van der Waals surface area (Å²) in [5.74, 6) is 0. The molecule has 0 spiro atoms. The van der Waals surface area contributed by atoms with E-state index < -0.39 is 15.3 Å². The first-order chi connectivity index (χ1) is 7.51. The van der Waals surface area contributed by atoms with Gasteiger partial charge in [0.2, 0.25) is 10.0 Å². The van der Waals surface area contributed by atoms with Gasteiger partial charge in [0.15, 0.2) is 5.25 Å². The molecule has 0 aromatic heterocycles. The van der Waals surface area contributed by atoms with Crippen LogP contribution in [0, 0.1) is 22.7 Å². The zero-order valence-corrected chi connectivity index (χ0v) is 9.32. The Bertz CT molecular complexity index is 566. The maximum Gasteiger partial charge on any atom is 0.248 e. The second kappa shape index (κ2) is 4.65. The molecule has 0 radical (unpaired) electrons. The number of benzene rings is 1. The lowest BCUT2D eigenvalue weighted by Gasteiger charge is -2.09. The van der Waals surface area contributed by atoms with Gasteiger partial charge < -0.3 is 0 Å². The number of hydrogen-bond acceptors (Lipinski definition) is 4. The first-order valence-corrected chi connectivity index (χ1v) is 5.96. The van der Waals surface area contributed by atoms with Gasteiger partial charge in [-0.05, 0) is 19.1 Å². The Morgan fingerprint density at radius 2 is 1.94 bits per heavy atom. The van der Waals surface area contributed by atoms with E-state index in [0.717, 1.165) is 0 Å². The summed E-state index contributed by atoms with van der Waals surface area (Å²) >= 11 is 0. The van der Waals surface area contributed by atoms with Crippen molar-refractivity contribution in [3.8, 4) is 12.1 Å². The smallest absolute Gasteiger partial charge is 0.248 e. The molecule has 0 fully saturated rings. The Labute approximate surface area is 94.0 Å². The van der Waals surface area contributed by atoms with Crippen LogP contribution >= 0.6 is 0 Å². The molecule has 16 heavy (non-hydrogen) atoms. The Morgan fingerprint density at radius 1 is 1.31 bits per heavy atom. The SMILES string of the molecule is CC(C#N)S(=O)(=O)Nc1ccccc1C#N. The Hall–Kier alpha value is -2.05. The van der Waals surface area contributed by atoms with Gasteiger partial charge in [-0.25, -0.2) is 8.42 Å². The van der Waals surface area contributed by atoms with Gasteiger partial charge in [0.1, 0.15) is 6.07 Å². The van der Waals surface area contributed by atoms with Crippen molar-refractivity contribution in [3.05, 3.63) is 29.8 Å². The standard InChI is InChI=1S/C10H9N3O2S/c1-8(6-11)16(14,15)13-10-5-3-2-4-9(10)7-12/h2-5,8,13H,1H3. The Morgan fingerprint density at radius 3 is 2.50 bits per heavy atom. The van der Waals surface area contributed by atoms with E-state index in [-0.39, 0.29) is 11.3 Å². The van der Waals surface area contributed by atoms with E-state index in [2.05, 4.69) is 4.72 Å². The van der Waals surface area contributed by atoms with E-state index in [1.165, 1.54) is 19.1 Å². The predicted octanol–water partition coefficient (Wildman–Crippen LogP) is 1.21. The monoisotopic (exact) mass is 235 g/mol. The summed E-state index contributed by atoms with van der Waals surface area (Å²) in [4.78, 5) is 0. The Kier molecular flexibility index (Phi) is 3.49. The minimum absolute atomic E-state index is 0.187. The lowest BCUT2D eigenvalue weighted by molar-refractivity contribution is 0.597. The van der Waals surface area contributed by atoms with Crippen LogP contribution in [0.2, 0.25) is 0 Å². The Balaban J connectivity index is 3.08. The summed E-state index contributed by atoms with van der Waals surface area (Å²) < 4.78 is 25.3. The molecule has 0 saturated heterocycles. The molecule has 0 aliphatic carbocycles. The van der Waals surface area contributed by atoms with Crippen molar-refractivity contribution in [2.45, 2.75) is 12.2 Å². The van der Waals surface area contributed by atoms with Crippen molar-refractivity contribution >= 4 is 15.7 Å². The van der Waals surface area contributed by atoms with E-state index in [9.17, 15) is 8.42 Å². The fraction of sp³-hybridized carbons (Fsp3) is 0.200. The molecule has 0 aliphatic rings. The molecule has 0 saturated carbocycles. The summed E-state index contributed by atoms with van der Waals surface area (Å²) in [6.45, 7) is 1.28. The minimum Gasteiger partial charge on any atom is -0.281 e. The van der Waals surface area contributed by atoms with Crippen molar-refractivity contribution in [1.82, 2.24) is 0 Å². The van der Waals surface area contributed by atoms with Gasteiger partial charge in [-0.15, -0.1) is 0 Å². The highest BCUT2D eigenvalue weighted by molar-refractivity contribution is 7.93. The highest BCUT2D eigenvalue weighted by Crippen LogP contribution is 2.16. The van der Waals surface area contributed by atoms with Crippen molar-refractivity contribution < 1.29 is 8.42 Å². The third-order valence-electron chi connectivity index (χ3n) is 1.95. The van der Waals surface area contributed by atoms with Gasteiger partial charge >= 0.3 is 0 Å². The number of sulfonamides is 1. The first-order valence-electron chi connectivity index (χ1n) is 4.41. The summed E-state index contributed by atoms with van der Waals surface area (Å²) in [5.41, 5.74) is 0.406. The molecule has 0 bridgehead atoms. The van der Waals surface area contributed by atoms with Gasteiger partial charge in [0, 0.05) is 0 Å². The van der Waals surface area contributed by atoms with E-state index in [4.69, 9.17) is 10.5 Å². The number of rotatable bonds is 3. The third kappa shape index (κ3) is 2.50. The van der Waals surface area contributed by atoms with Crippen LogP contribution in [-0.4, -0.2) is 13.7 Å². The largest absolute Gasteiger partial charge is 0.281 e. The maximum atomic E-state index is 11.6. The highest BCUT2D eigenvalue weighted by atomic mass is 32.2. The average molecular weight is 235 g/mol. The van der Waals surface area contributed by atoms with Gasteiger partial charge in [-0.2, -0.15) is 10.5 Å². The average Bonchev–Trinajstić information content (AvgIpc) is 2.28. The molecular formula is C10H9N3O2S. The number of hydrogen-bond donors (Lipinski definition) is 1. The number of nitriles is 2. The molecule has 1 rings (SSSR count). The van der Waals surface area contributed by atoms with Gasteiger partial charge in [0.05, 0.1) is 17.3 Å². The molecule has 1 N–H and O–H groups in total. The van der Waals surface area contributed by atoms with Crippen LogP contribution in [0.25, 0.3) is 0 Å². The molecule has 1 aromatic rings. The number of nitrogens with zero attached hydrogens (tertiary/aromatic N) is 2. The van der Waals surface area contributed by atoms with Crippen molar-refractivity contribution in [3.63, 3.8) is 0 Å². The molecule has 1 unspecified atom stereocenters. The van der Waals surface area contributed by atoms with Crippen LogP contribution in [0.5, 0.6) is 0 Å². The fourth-order valence-electron chi connectivity index (χ4n) is 0.981. The fourth-order valence-corrected chi connectivity index (χ4v) is 1.78. The summed E-state index contributed by atoms with van der Waals surface area (Å²) in [6.07, 6.45) is 0. The van der Waals surface area contributed by atoms with Crippen molar-refractivity contribution in [1.29, 1.82) is 10.5 Å². The van der Waals surface area contributed by atoms with Gasteiger partial charge in [-0.1, -0.05) is 12.1 Å². The van der Waals surface area contributed by atoms with Crippen LogP contribution < -0.4 is 4.72 Å². The first kappa shape index (κ1) is 12.0. The molecular weight excluding hydrogens is 226 g/mol. The van der Waals surface area contributed by atoms with Crippen LogP contribution in [0.15, 0.2) is 24.3 Å². The van der Waals surface area contributed by atoms with E-state index in [0.29, 0.717) is 0 Å². The molecule has 5 nitrogen and oxygen atoms in total. The molecule has 0 aliphatic heterocycles. The maximum absolute atomic E-state index is 11.6. The number of anilines is 1. The summed E-state index contributed by atoms with van der Waals surface area (Å²) in [7, 11) is -3.76. The van der Waals surface area contributed by atoms with Crippen LogP contribution in [-0.2, 0) is 10.0 Å². The normalized spacial score (nSPS) is 12.2. The number of para-hydroxylation sites is 1. The van der Waals surface area contributed by atoms with Gasteiger partial charge in [-0.3, -0.25) is 4.72 Å². The van der Waals surface area contributed by atoms with E-state index in [1.807, 2.05) is 6.07 Å². The molecule has 6 heteroatoms. The van der Waals surface area contributed by atoms with Crippen molar-refractivity contribution in [2.75, 3.05) is 4.72 Å². The van der Waals surface area contributed by atoms with Crippen LogP contribution in [0.1, 0.15) is 12.5 Å². The highest BCUT2D eigenvalue weighted by Gasteiger charge is 2.20. The quantitative estimate of drug-likeness (QED) is 0.852. The third-order valence-corrected chi connectivity index (χ3v) is 3.49.